The summed E-state index contributed by atoms with van der Waals surface area (Å²) in [5, 5.41) is 3.73. The van der Waals surface area contributed by atoms with E-state index in [4.69, 9.17) is 4.74 Å². The monoisotopic (exact) mass is 245 g/mol. The molecule has 1 aliphatic heterocycles. The molecule has 2 fully saturated rings. The average Bonchev–Trinajstić information content (AvgIpc) is 3.00. The summed E-state index contributed by atoms with van der Waals surface area (Å²) in [6, 6.07) is 9.28. The van der Waals surface area contributed by atoms with Gasteiger partial charge in [-0.25, -0.2) is 0 Å². The normalized spacial score (nSPS) is 30.4. The SMILES string of the molecule is COc1ccc(CCC2NCC3CCCC32)cc1. The number of ether oxygens (including phenoxy) is 1. The molecule has 0 amide bonds. The molecular weight excluding hydrogens is 222 g/mol. The molecule has 1 aliphatic carbocycles. The van der Waals surface area contributed by atoms with E-state index in [0.717, 1.165) is 23.6 Å². The molecule has 0 aromatic heterocycles. The van der Waals surface area contributed by atoms with Crippen molar-refractivity contribution in [3.63, 3.8) is 0 Å². The van der Waals surface area contributed by atoms with Crippen molar-refractivity contribution in [2.24, 2.45) is 11.8 Å². The number of fused-ring (bicyclic) bond motifs is 1. The largest absolute Gasteiger partial charge is 0.497 e. The van der Waals surface area contributed by atoms with E-state index in [1.54, 1.807) is 7.11 Å². The number of hydrogen-bond acceptors (Lipinski definition) is 2. The van der Waals surface area contributed by atoms with Crippen LogP contribution in [0.4, 0.5) is 0 Å². The number of rotatable bonds is 4. The summed E-state index contributed by atoms with van der Waals surface area (Å²) in [6.07, 6.45) is 6.83. The Morgan fingerprint density at radius 1 is 1.22 bits per heavy atom. The highest BCUT2D eigenvalue weighted by molar-refractivity contribution is 5.27. The molecule has 3 unspecified atom stereocenters. The molecule has 2 aliphatic rings. The van der Waals surface area contributed by atoms with Gasteiger partial charge in [0.2, 0.25) is 0 Å². The summed E-state index contributed by atoms with van der Waals surface area (Å²) in [5.74, 6) is 2.89. The topological polar surface area (TPSA) is 21.3 Å². The van der Waals surface area contributed by atoms with Gasteiger partial charge >= 0.3 is 0 Å². The molecule has 1 saturated carbocycles. The maximum absolute atomic E-state index is 5.19. The standard InChI is InChI=1S/C16H23NO/c1-18-14-8-5-12(6-9-14)7-10-16-15-4-2-3-13(15)11-17-16/h5-6,8-9,13,15-17H,2-4,7,10-11H2,1H3. The molecular formula is C16H23NO. The minimum Gasteiger partial charge on any atom is -0.497 e. The Morgan fingerprint density at radius 2 is 2.06 bits per heavy atom. The van der Waals surface area contributed by atoms with E-state index in [2.05, 4.69) is 29.6 Å². The van der Waals surface area contributed by atoms with E-state index >= 15 is 0 Å². The van der Waals surface area contributed by atoms with Crippen molar-refractivity contribution in [3.8, 4) is 5.75 Å². The molecule has 1 N–H and O–H groups in total. The molecule has 98 valence electrons. The van der Waals surface area contributed by atoms with Crippen LogP contribution in [0.2, 0.25) is 0 Å². The van der Waals surface area contributed by atoms with Crippen LogP contribution in [0.3, 0.4) is 0 Å². The van der Waals surface area contributed by atoms with Gasteiger partial charge in [0.1, 0.15) is 5.75 Å². The van der Waals surface area contributed by atoms with Crippen molar-refractivity contribution >= 4 is 0 Å². The second-order valence-corrected chi connectivity index (χ2v) is 5.76. The summed E-state index contributed by atoms with van der Waals surface area (Å²) in [6.45, 7) is 1.26. The molecule has 18 heavy (non-hydrogen) atoms. The highest BCUT2D eigenvalue weighted by Crippen LogP contribution is 2.38. The highest BCUT2D eigenvalue weighted by Gasteiger charge is 2.38. The maximum Gasteiger partial charge on any atom is 0.118 e. The van der Waals surface area contributed by atoms with Crippen molar-refractivity contribution in [1.82, 2.24) is 5.32 Å². The van der Waals surface area contributed by atoms with E-state index in [-0.39, 0.29) is 0 Å². The molecule has 3 atom stereocenters. The van der Waals surface area contributed by atoms with Crippen LogP contribution in [-0.2, 0) is 6.42 Å². The molecule has 3 rings (SSSR count). The van der Waals surface area contributed by atoms with Crippen LogP contribution in [0.1, 0.15) is 31.2 Å². The number of aryl methyl sites for hydroxylation is 1. The molecule has 0 bridgehead atoms. The van der Waals surface area contributed by atoms with E-state index < -0.39 is 0 Å². The summed E-state index contributed by atoms with van der Waals surface area (Å²) in [5.41, 5.74) is 1.43. The Morgan fingerprint density at radius 3 is 2.83 bits per heavy atom. The van der Waals surface area contributed by atoms with Crippen molar-refractivity contribution in [2.75, 3.05) is 13.7 Å². The fourth-order valence-corrected chi connectivity index (χ4v) is 3.73. The smallest absolute Gasteiger partial charge is 0.118 e. The van der Waals surface area contributed by atoms with Crippen LogP contribution >= 0.6 is 0 Å². The summed E-state index contributed by atoms with van der Waals surface area (Å²) in [4.78, 5) is 0. The molecule has 1 aromatic rings. The maximum atomic E-state index is 5.19. The Balaban J connectivity index is 1.54. The highest BCUT2D eigenvalue weighted by atomic mass is 16.5. The number of hydrogen-bond donors (Lipinski definition) is 1. The first-order valence-electron chi connectivity index (χ1n) is 7.23. The molecule has 1 aromatic carbocycles. The van der Waals surface area contributed by atoms with Gasteiger partial charge in [0.05, 0.1) is 7.11 Å². The third kappa shape index (κ3) is 2.39. The van der Waals surface area contributed by atoms with E-state index in [1.165, 1.54) is 44.2 Å². The van der Waals surface area contributed by atoms with Gasteiger partial charge in [-0.05, 0) is 61.8 Å². The minimum absolute atomic E-state index is 0.764. The number of nitrogens with one attached hydrogen (secondary N) is 1. The fourth-order valence-electron chi connectivity index (χ4n) is 3.73. The van der Waals surface area contributed by atoms with Crippen LogP contribution in [0.15, 0.2) is 24.3 Å². The zero-order valence-corrected chi connectivity index (χ0v) is 11.2. The van der Waals surface area contributed by atoms with Crippen molar-refractivity contribution in [2.45, 2.75) is 38.1 Å². The lowest BCUT2D eigenvalue weighted by molar-refractivity contribution is 0.393. The van der Waals surface area contributed by atoms with Gasteiger partial charge in [-0.15, -0.1) is 0 Å². The molecule has 2 nitrogen and oxygen atoms in total. The van der Waals surface area contributed by atoms with Crippen LogP contribution in [0.5, 0.6) is 5.75 Å². The lowest BCUT2D eigenvalue weighted by Crippen LogP contribution is -2.27. The second kappa shape index (κ2) is 5.31. The molecule has 1 saturated heterocycles. The predicted molar refractivity (Wildman–Crippen MR) is 73.9 cm³/mol. The van der Waals surface area contributed by atoms with Crippen LogP contribution in [0.25, 0.3) is 0 Å². The zero-order valence-electron chi connectivity index (χ0n) is 11.2. The quantitative estimate of drug-likeness (QED) is 0.880. The van der Waals surface area contributed by atoms with Crippen LogP contribution < -0.4 is 10.1 Å². The van der Waals surface area contributed by atoms with Crippen LogP contribution in [0, 0.1) is 11.8 Å². The Kier molecular flexibility index (Phi) is 3.55. The van der Waals surface area contributed by atoms with Gasteiger partial charge in [-0.2, -0.15) is 0 Å². The summed E-state index contributed by atoms with van der Waals surface area (Å²) < 4.78 is 5.19. The molecule has 2 heteroatoms. The molecule has 1 heterocycles. The fraction of sp³-hybridized carbons (Fsp3) is 0.625. The lowest BCUT2D eigenvalue weighted by atomic mass is 9.90. The van der Waals surface area contributed by atoms with Gasteiger partial charge in [-0.1, -0.05) is 18.6 Å². The van der Waals surface area contributed by atoms with Crippen LogP contribution in [-0.4, -0.2) is 19.7 Å². The first-order valence-corrected chi connectivity index (χ1v) is 7.23. The third-order valence-electron chi connectivity index (χ3n) is 4.78. The summed E-state index contributed by atoms with van der Waals surface area (Å²) in [7, 11) is 1.72. The van der Waals surface area contributed by atoms with Gasteiger partial charge < -0.3 is 10.1 Å². The molecule has 0 spiro atoms. The predicted octanol–water partition coefficient (Wildman–Crippen LogP) is 3.02. The minimum atomic E-state index is 0.764. The summed E-state index contributed by atoms with van der Waals surface area (Å²) >= 11 is 0. The first-order chi connectivity index (χ1) is 8.86. The first kappa shape index (κ1) is 12.0. The van der Waals surface area contributed by atoms with E-state index in [0.29, 0.717) is 0 Å². The van der Waals surface area contributed by atoms with Gasteiger partial charge in [0, 0.05) is 6.04 Å². The van der Waals surface area contributed by atoms with Gasteiger partial charge in [0.25, 0.3) is 0 Å². The lowest BCUT2D eigenvalue weighted by Gasteiger charge is -2.18. The van der Waals surface area contributed by atoms with Crippen molar-refractivity contribution < 1.29 is 4.74 Å². The van der Waals surface area contributed by atoms with Gasteiger partial charge in [0.15, 0.2) is 0 Å². The number of methoxy groups -OCH3 is 1. The Labute approximate surface area is 110 Å². The van der Waals surface area contributed by atoms with Crippen molar-refractivity contribution in [1.29, 1.82) is 0 Å². The van der Waals surface area contributed by atoms with Gasteiger partial charge in [-0.3, -0.25) is 0 Å². The van der Waals surface area contributed by atoms with E-state index in [9.17, 15) is 0 Å². The zero-order chi connectivity index (χ0) is 12.4. The average molecular weight is 245 g/mol. The third-order valence-corrected chi connectivity index (χ3v) is 4.78. The van der Waals surface area contributed by atoms with E-state index in [1.807, 2.05) is 0 Å². The Hall–Kier alpha value is -1.02. The second-order valence-electron chi connectivity index (χ2n) is 5.76. The Bertz CT molecular complexity index is 387. The number of benzene rings is 1. The molecule has 0 radical (unpaired) electrons. The van der Waals surface area contributed by atoms with Crippen molar-refractivity contribution in [3.05, 3.63) is 29.8 Å².